The minimum Gasteiger partial charge on any atom is -0.369 e. The summed E-state index contributed by atoms with van der Waals surface area (Å²) in [6.45, 7) is 4.56. The molecule has 0 spiro atoms. The van der Waals surface area contributed by atoms with E-state index in [-0.39, 0.29) is 6.54 Å². The molecule has 0 aliphatic heterocycles. The molecule has 2 N–H and O–H groups in total. The standard InChI is InChI=1S/C16H20N6O2S2/c1-3-13-4-5-16(25-13)26(23,24)20-8-7-17-14-10-15(19-11-18-14)22-9-6-12(2)21-22/h4-6,9-11,20H,3,7-8H2,1-2H3,(H,17,18,19). The Kier molecular flexibility index (Phi) is 5.64. The number of sulfonamides is 1. The quantitative estimate of drug-likeness (QED) is 0.569. The second-order valence-electron chi connectivity index (χ2n) is 5.56. The normalized spacial score (nSPS) is 11.6. The maximum atomic E-state index is 12.2. The number of thiophene rings is 1. The van der Waals surface area contributed by atoms with Gasteiger partial charge in [0.05, 0.1) is 5.69 Å². The van der Waals surface area contributed by atoms with Crippen molar-refractivity contribution in [2.75, 3.05) is 18.4 Å². The zero-order chi connectivity index (χ0) is 18.6. The van der Waals surface area contributed by atoms with Crippen molar-refractivity contribution in [3.63, 3.8) is 0 Å². The minimum atomic E-state index is -3.47. The number of aromatic nitrogens is 4. The van der Waals surface area contributed by atoms with Gasteiger partial charge in [-0.25, -0.2) is 27.8 Å². The first-order valence-corrected chi connectivity index (χ1v) is 10.4. The molecule has 0 unspecified atom stereocenters. The first-order chi connectivity index (χ1) is 12.5. The zero-order valence-electron chi connectivity index (χ0n) is 14.5. The molecule has 3 aromatic heterocycles. The van der Waals surface area contributed by atoms with Crippen molar-refractivity contribution < 1.29 is 8.42 Å². The predicted octanol–water partition coefficient (Wildman–Crippen LogP) is 1.99. The molecule has 3 rings (SSSR count). The van der Waals surface area contributed by atoms with Gasteiger partial charge in [0.2, 0.25) is 10.0 Å². The van der Waals surface area contributed by atoms with Crippen LogP contribution < -0.4 is 10.0 Å². The Labute approximate surface area is 156 Å². The molecular weight excluding hydrogens is 372 g/mol. The van der Waals surface area contributed by atoms with Gasteiger partial charge < -0.3 is 5.32 Å². The summed E-state index contributed by atoms with van der Waals surface area (Å²) in [5, 5.41) is 7.39. The van der Waals surface area contributed by atoms with Gasteiger partial charge in [-0.15, -0.1) is 11.3 Å². The fourth-order valence-corrected chi connectivity index (χ4v) is 4.62. The van der Waals surface area contributed by atoms with Crippen LogP contribution >= 0.6 is 11.3 Å². The molecule has 0 saturated carbocycles. The van der Waals surface area contributed by atoms with Crippen LogP contribution in [-0.2, 0) is 16.4 Å². The van der Waals surface area contributed by atoms with Gasteiger partial charge in [0, 0.05) is 30.2 Å². The molecule has 0 aliphatic rings. The van der Waals surface area contributed by atoms with E-state index in [1.807, 2.05) is 32.2 Å². The van der Waals surface area contributed by atoms with Crippen molar-refractivity contribution in [2.45, 2.75) is 24.5 Å². The SMILES string of the molecule is CCc1ccc(S(=O)(=O)NCCNc2cc(-n3ccc(C)n3)ncn2)s1. The third-order valence-corrected chi connectivity index (χ3v) is 6.77. The van der Waals surface area contributed by atoms with E-state index in [0.717, 1.165) is 17.0 Å². The third kappa shape index (κ3) is 4.45. The van der Waals surface area contributed by atoms with E-state index in [1.165, 1.54) is 17.7 Å². The Morgan fingerprint density at radius 1 is 1.19 bits per heavy atom. The molecule has 8 nitrogen and oxygen atoms in total. The summed E-state index contributed by atoms with van der Waals surface area (Å²) < 4.78 is 29.1. The highest BCUT2D eigenvalue weighted by Crippen LogP contribution is 2.21. The van der Waals surface area contributed by atoms with E-state index in [0.29, 0.717) is 22.4 Å². The second-order valence-corrected chi connectivity index (χ2v) is 8.72. The number of anilines is 1. The number of nitrogens with zero attached hydrogens (tertiary/aromatic N) is 4. The van der Waals surface area contributed by atoms with Crippen LogP contribution in [0.5, 0.6) is 0 Å². The molecule has 0 aliphatic carbocycles. The van der Waals surface area contributed by atoms with E-state index in [1.54, 1.807) is 16.8 Å². The molecule has 26 heavy (non-hydrogen) atoms. The summed E-state index contributed by atoms with van der Waals surface area (Å²) in [6.07, 6.45) is 4.09. The summed E-state index contributed by atoms with van der Waals surface area (Å²) in [5.41, 5.74) is 0.896. The molecule has 0 amide bonds. The van der Waals surface area contributed by atoms with Gasteiger partial charge in [0.25, 0.3) is 0 Å². The topological polar surface area (TPSA) is 102 Å². The Balaban J connectivity index is 1.55. The predicted molar refractivity (Wildman–Crippen MR) is 101 cm³/mol. The van der Waals surface area contributed by atoms with Crippen LogP contribution in [-0.4, -0.2) is 41.3 Å². The van der Waals surface area contributed by atoms with Crippen molar-refractivity contribution in [3.8, 4) is 5.82 Å². The summed E-state index contributed by atoms with van der Waals surface area (Å²) in [4.78, 5) is 9.37. The van der Waals surface area contributed by atoms with Gasteiger partial charge in [0.15, 0.2) is 5.82 Å². The van der Waals surface area contributed by atoms with Gasteiger partial charge in [-0.05, 0) is 31.5 Å². The molecule has 3 heterocycles. The largest absolute Gasteiger partial charge is 0.369 e. The lowest BCUT2D eigenvalue weighted by atomic mass is 10.4. The van der Waals surface area contributed by atoms with Crippen molar-refractivity contribution in [1.82, 2.24) is 24.5 Å². The zero-order valence-corrected chi connectivity index (χ0v) is 16.1. The van der Waals surface area contributed by atoms with Crippen molar-refractivity contribution in [2.24, 2.45) is 0 Å². The molecule has 0 bridgehead atoms. The smallest absolute Gasteiger partial charge is 0.250 e. The van der Waals surface area contributed by atoms with Crippen LogP contribution in [0.1, 0.15) is 17.5 Å². The highest BCUT2D eigenvalue weighted by molar-refractivity contribution is 7.91. The summed E-state index contributed by atoms with van der Waals surface area (Å²) in [5.74, 6) is 1.24. The van der Waals surface area contributed by atoms with Crippen LogP contribution in [0.3, 0.4) is 0 Å². The molecule has 0 atom stereocenters. The number of hydrogen-bond donors (Lipinski definition) is 2. The number of hydrogen-bond acceptors (Lipinski definition) is 7. The molecular formula is C16H20N6O2S2. The van der Waals surface area contributed by atoms with E-state index < -0.39 is 10.0 Å². The third-order valence-electron chi connectivity index (χ3n) is 3.58. The van der Waals surface area contributed by atoms with Gasteiger partial charge in [-0.3, -0.25) is 0 Å². The maximum Gasteiger partial charge on any atom is 0.250 e. The van der Waals surface area contributed by atoms with Gasteiger partial charge >= 0.3 is 0 Å². The summed E-state index contributed by atoms with van der Waals surface area (Å²) in [7, 11) is -3.47. The second kappa shape index (κ2) is 7.94. The van der Waals surface area contributed by atoms with E-state index >= 15 is 0 Å². The van der Waals surface area contributed by atoms with Crippen molar-refractivity contribution in [3.05, 3.63) is 47.4 Å². The van der Waals surface area contributed by atoms with E-state index in [2.05, 4.69) is 25.1 Å². The molecule has 0 radical (unpaired) electrons. The number of aryl methyl sites for hydroxylation is 2. The van der Waals surface area contributed by atoms with Gasteiger partial charge in [-0.2, -0.15) is 5.10 Å². The number of nitrogens with one attached hydrogen (secondary N) is 2. The molecule has 10 heteroatoms. The van der Waals surface area contributed by atoms with Crippen molar-refractivity contribution >= 4 is 27.2 Å². The van der Waals surface area contributed by atoms with Crippen LogP contribution in [0.15, 0.2) is 41.0 Å². The average molecular weight is 393 g/mol. The van der Waals surface area contributed by atoms with Crippen LogP contribution in [0.4, 0.5) is 5.82 Å². The summed E-state index contributed by atoms with van der Waals surface area (Å²) in [6, 6.07) is 7.13. The van der Waals surface area contributed by atoms with Crippen LogP contribution in [0, 0.1) is 6.92 Å². The molecule has 0 fully saturated rings. The Morgan fingerprint density at radius 2 is 2.04 bits per heavy atom. The lowest BCUT2D eigenvalue weighted by molar-refractivity contribution is 0.585. The average Bonchev–Trinajstić information content (AvgIpc) is 3.28. The first-order valence-electron chi connectivity index (χ1n) is 8.15. The molecule has 0 aromatic carbocycles. The summed E-state index contributed by atoms with van der Waals surface area (Å²) >= 11 is 1.29. The monoisotopic (exact) mass is 392 g/mol. The van der Waals surface area contributed by atoms with Crippen LogP contribution in [0.2, 0.25) is 0 Å². The Hall–Kier alpha value is -2.30. The highest BCUT2D eigenvalue weighted by atomic mass is 32.2. The van der Waals surface area contributed by atoms with Crippen LogP contribution in [0.25, 0.3) is 5.82 Å². The Morgan fingerprint density at radius 3 is 2.73 bits per heavy atom. The van der Waals surface area contributed by atoms with E-state index in [4.69, 9.17) is 0 Å². The van der Waals surface area contributed by atoms with Gasteiger partial charge in [-0.1, -0.05) is 6.92 Å². The minimum absolute atomic E-state index is 0.252. The van der Waals surface area contributed by atoms with Gasteiger partial charge in [0.1, 0.15) is 16.4 Å². The number of rotatable bonds is 8. The lowest BCUT2D eigenvalue weighted by Crippen LogP contribution is -2.28. The lowest BCUT2D eigenvalue weighted by Gasteiger charge is -2.08. The first kappa shape index (κ1) is 18.5. The Bertz CT molecular complexity index is 980. The fourth-order valence-electron chi connectivity index (χ4n) is 2.25. The molecule has 138 valence electrons. The molecule has 3 aromatic rings. The highest BCUT2D eigenvalue weighted by Gasteiger charge is 2.15. The molecule has 0 saturated heterocycles. The maximum absolute atomic E-state index is 12.2. The van der Waals surface area contributed by atoms with Crippen molar-refractivity contribution in [1.29, 1.82) is 0 Å². The van der Waals surface area contributed by atoms with E-state index in [9.17, 15) is 8.42 Å². The fraction of sp³-hybridized carbons (Fsp3) is 0.312.